The number of nitrogens with one attached hydrogen (secondary N) is 1. The molecule has 2 aromatic heterocycles. The Bertz CT molecular complexity index is 1420. The average molecular weight is 450 g/mol. The van der Waals surface area contributed by atoms with Gasteiger partial charge in [0.1, 0.15) is 5.82 Å². The van der Waals surface area contributed by atoms with E-state index < -0.39 is 26.5 Å². The predicted molar refractivity (Wildman–Crippen MR) is 105 cm³/mol. The molecule has 0 unspecified atom stereocenters. The molecule has 0 aliphatic heterocycles. The van der Waals surface area contributed by atoms with E-state index in [-0.39, 0.29) is 28.7 Å². The van der Waals surface area contributed by atoms with Crippen LogP contribution in [-0.4, -0.2) is 45.3 Å². The maximum Gasteiger partial charge on any atom is 0.417 e. The van der Waals surface area contributed by atoms with Crippen molar-refractivity contribution in [1.29, 1.82) is 0 Å². The summed E-state index contributed by atoms with van der Waals surface area (Å²) in [7, 11) is -4.36. The lowest BCUT2D eigenvalue weighted by molar-refractivity contribution is -0.139. The Balaban J connectivity index is 2.12. The molecule has 0 fully saturated rings. The van der Waals surface area contributed by atoms with Crippen LogP contribution in [0.2, 0.25) is 0 Å². The van der Waals surface area contributed by atoms with Gasteiger partial charge in [0.25, 0.3) is 0 Å². The zero-order chi connectivity index (χ0) is 22.6. The molecule has 4 rings (SSSR count). The maximum atomic E-state index is 13.7. The number of aromatic nitrogens is 6. The molecular formula is C17H13F3N8O2S. The van der Waals surface area contributed by atoms with Crippen molar-refractivity contribution in [2.45, 2.75) is 11.1 Å². The second-order valence-corrected chi connectivity index (χ2v) is 8.54. The van der Waals surface area contributed by atoms with Crippen molar-refractivity contribution >= 4 is 32.5 Å². The number of aromatic amines is 1. The fraction of sp³-hybridized carbons (Fsp3) is 0.118. The molecule has 14 heteroatoms. The summed E-state index contributed by atoms with van der Waals surface area (Å²) in [6, 6.07) is 6.45. The molecule has 0 bridgehead atoms. The normalized spacial score (nSPS) is 12.4. The molecule has 0 aliphatic rings. The molecule has 0 radical (unpaired) electrons. The first-order valence-corrected chi connectivity index (χ1v) is 10.4. The number of H-pyrrole nitrogens is 1. The number of tetrazole rings is 1. The molecule has 0 atom stereocenters. The number of hydrogen-bond donors (Lipinski definition) is 3. The van der Waals surface area contributed by atoms with Gasteiger partial charge in [0, 0.05) is 17.2 Å². The molecule has 0 saturated carbocycles. The maximum absolute atomic E-state index is 13.7. The van der Waals surface area contributed by atoms with Crippen LogP contribution in [0, 0.1) is 0 Å². The van der Waals surface area contributed by atoms with Crippen LogP contribution in [0.5, 0.6) is 0 Å². The fourth-order valence-electron chi connectivity index (χ4n) is 3.27. The molecule has 0 aliphatic carbocycles. The van der Waals surface area contributed by atoms with E-state index in [0.717, 1.165) is 6.07 Å². The molecule has 10 nitrogen and oxygen atoms in total. The first kappa shape index (κ1) is 20.5. The van der Waals surface area contributed by atoms with Gasteiger partial charge in [-0.25, -0.2) is 18.5 Å². The number of nitrogens with zero attached hydrogens (tertiary/aromatic N) is 5. The molecule has 4 aromatic rings. The first-order chi connectivity index (χ1) is 14.5. The van der Waals surface area contributed by atoms with E-state index in [1.165, 1.54) is 6.07 Å². The number of fused-ring (bicyclic) bond motifs is 1. The minimum absolute atomic E-state index is 0.0916. The lowest BCUT2D eigenvalue weighted by atomic mass is 9.95. The molecule has 0 saturated heterocycles. The van der Waals surface area contributed by atoms with Crippen molar-refractivity contribution in [2.75, 3.05) is 17.7 Å². The molecule has 0 amide bonds. The Hall–Kier alpha value is -3.81. The summed E-state index contributed by atoms with van der Waals surface area (Å²) in [5.41, 5.74) is 10.6. The Morgan fingerprint density at radius 2 is 1.81 bits per heavy atom. The van der Waals surface area contributed by atoms with Crippen molar-refractivity contribution in [3.8, 4) is 22.5 Å². The van der Waals surface area contributed by atoms with Crippen molar-refractivity contribution < 1.29 is 21.6 Å². The van der Waals surface area contributed by atoms with Gasteiger partial charge in [0.05, 0.1) is 16.0 Å². The summed E-state index contributed by atoms with van der Waals surface area (Å²) >= 11 is 0. The molecule has 160 valence electrons. The van der Waals surface area contributed by atoms with E-state index in [2.05, 4.69) is 30.6 Å². The van der Waals surface area contributed by atoms with Gasteiger partial charge < -0.3 is 11.5 Å². The summed E-state index contributed by atoms with van der Waals surface area (Å²) in [6.45, 7) is 0. The number of rotatable bonds is 3. The Labute approximate surface area is 172 Å². The summed E-state index contributed by atoms with van der Waals surface area (Å²) in [6.07, 6.45) is -4.25. The highest BCUT2D eigenvalue weighted by molar-refractivity contribution is 7.91. The van der Waals surface area contributed by atoms with E-state index in [1.807, 2.05) is 0 Å². The van der Waals surface area contributed by atoms with Gasteiger partial charge in [0.2, 0.25) is 5.95 Å². The van der Waals surface area contributed by atoms with Crippen LogP contribution in [-0.2, 0) is 16.0 Å². The van der Waals surface area contributed by atoms with Gasteiger partial charge in [-0.15, -0.1) is 5.10 Å². The summed E-state index contributed by atoms with van der Waals surface area (Å²) in [5.74, 6) is -0.215. The second kappa shape index (κ2) is 6.87. The van der Waals surface area contributed by atoms with Crippen LogP contribution in [0.3, 0.4) is 0 Å². The highest BCUT2D eigenvalue weighted by Gasteiger charge is 2.39. The minimum atomic E-state index is -4.93. The molecule has 2 aromatic carbocycles. The Morgan fingerprint density at radius 1 is 1.06 bits per heavy atom. The summed E-state index contributed by atoms with van der Waals surface area (Å²) < 4.78 is 65.9. The van der Waals surface area contributed by atoms with Crippen molar-refractivity contribution in [3.63, 3.8) is 0 Å². The van der Waals surface area contributed by atoms with Gasteiger partial charge in [-0.3, -0.25) is 0 Å². The van der Waals surface area contributed by atoms with E-state index >= 15 is 0 Å². The van der Waals surface area contributed by atoms with E-state index in [1.54, 1.807) is 12.1 Å². The van der Waals surface area contributed by atoms with Crippen LogP contribution >= 0.6 is 0 Å². The van der Waals surface area contributed by atoms with Gasteiger partial charge >= 0.3 is 6.18 Å². The lowest BCUT2D eigenvalue weighted by Crippen LogP contribution is -2.15. The predicted octanol–water partition coefficient (Wildman–Crippen LogP) is 2.06. The molecule has 0 spiro atoms. The van der Waals surface area contributed by atoms with Crippen LogP contribution in [0.1, 0.15) is 5.56 Å². The van der Waals surface area contributed by atoms with Crippen molar-refractivity contribution in [2.24, 2.45) is 0 Å². The Morgan fingerprint density at radius 3 is 2.42 bits per heavy atom. The van der Waals surface area contributed by atoms with Gasteiger partial charge in [-0.2, -0.15) is 18.2 Å². The molecule has 31 heavy (non-hydrogen) atoms. The quantitative estimate of drug-likeness (QED) is 0.423. The van der Waals surface area contributed by atoms with E-state index in [0.29, 0.717) is 28.8 Å². The summed E-state index contributed by atoms with van der Waals surface area (Å²) in [5, 5.41) is 13.2. The third-order valence-electron chi connectivity index (χ3n) is 4.47. The second-order valence-electron chi connectivity index (χ2n) is 6.58. The van der Waals surface area contributed by atoms with Crippen LogP contribution in [0.4, 0.5) is 24.9 Å². The van der Waals surface area contributed by atoms with Crippen LogP contribution < -0.4 is 11.5 Å². The van der Waals surface area contributed by atoms with Crippen molar-refractivity contribution in [1.82, 2.24) is 30.6 Å². The van der Waals surface area contributed by atoms with E-state index in [9.17, 15) is 21.6 Å². The average Bonchev–Trinajstić information content (AvgIpc) is 3.19. The fourth-order valence-corrected chi connectivity index (χ4v) is 4.43. The number of alkyl halides is 3. The first-order valence-electron chi connectivity index (χ1n) is 8.48. The number of nitrogen functional groups attached to an aromatic ring is 2. The highest BCUT2D eigenvalue weighted by atomic mass is 32.2. The standard InChI is InChI=1S/C17H13F3N8O2S/c1-31(29,30)13-10(17(18,19)20)5-4-8(12(13)15-25-27-28-26-15)7-2-3-9-11(6-7)23-16(22)24-14(9)21/h2-6H,1H3,(H4,21,22,23,24)(H,25,26,27,28). The number of sulfone groups is 1. The smallest absolute Gasteiger partial charge is 0.383 e. The lowest BCUT2D eigenvalue weighted by Gasteiger charge is -2.18. The zero-order valence-electron chi connectivity index (χ0n) is 15.6. The monoisotopic (exact) mass is 450 g/mol. The number of nitrogens with two attached hydrogens (primary N) is 2. The number of benzene rings is 2. The number of anilines is 2. The zero-order valence-corrected chi connectivity index (χ0v) is 16.5. The number of hydrogen-bond acceptors (Lipinski definition) is 9. The van der Waals surface area contributed by atoms with Crippen LogP contribution in [0.15, 0.2) is 35.2 Å². The topological polar surface area (TPSA) is 166 Å². The largest absolute Gasteiger partial charge is 0.417 e. The third-order valence-corrected chi connectivity index (χ3v) is 5.64. The summed E-state index contributed by atoms with van der Waals surface area (Å²) in [4.78, 5) is 6.99. The van der Waals surface area contributed by atoms with Crippen molar-refractivity contribution in [3.05, 3.63) is 35.9 Å². The van der Waals surface area contributed by atoms with E-state index in [4.69, 9.17) is 11.5 Å². The van der Waals surface area contributed by atoms with Crippen LogP contribution in [0.25, 0.3) is 33.4 Å². The number of halogens is 3. The molecule has 5 N–H and O–H groups in total. The van der Waals surface area contributed by atoms with Gasteiger partial charge in [-0.05, 0) is 39.8 Å². The highest BCUT2D eigenvalue weighted by Crippen LogP contribution is 2.43. The SMILES string of the molecule is CS(=O)(=O)c1c(C(F)(F)F)ccc(-c2ccc3c(N)nc(N)nc3c2)c1-c1nnn[nH]1. The van der Waals surface area contributed by atoms with Gasteiger partial charge in [0.15, 0.2) is 15.7 Å². The molecular weight excluding hydrogens is 437 g/mol. The Kier molecular flexibility index (Phi) is 4.53. The molecule has 2 heterocycles. The third kappa shape index (κ3) is 3.61. The van der Waals surface area contributed by atoms with Gasteiger partial charge in [-0.1, -0.05) is 12.1 Å². The minimum Gasteiger partial charge on any atom is -0.383 e.